The van der Waals surface area contributed by atoms with Gasteiger partial charge in [0.05, 0.1) is 0 Å². The van der Waals surface area contributed by atoms with Crippen molar-refractivity contribution in [2.75, 3.05) is 0 Å². The summed E-state index contributed by atoms with van der Waals surface area (Å²) in [6.07, 6.45) is 0. The van der Waals surface area contributed by atoms with Gasteiger partial charge in [0.2, 0.25) is 8.32 Å². The van der Waals surface area contributed by atoms with E-state index in [9.17, 15) is 0 Å². The predicted octanol–water partition coefficient (Wildman–Crippen LogP) is 0.906. The van der Waals surface area contributed by atoms with Crippen LogP contribution in [0.4, 0.5) is 0 Å². The van der Waals surface area contributed by atoms with Gasteiger partial charge in [0.25, 0.3) is 0 Å². The molecule has 0 aromatic heterocycles. The van der Waals surface area contributed by atoms with Gasteiger partial charge in [-0.15, -0.1) is 6.58 Å². The van der Waals surface area contributed by atoms with Crippen LogP contribution in [0.15, 0.2) is 12.3 Å². The van der Waals surface area contributed by atoms with Gasteiger partial charge >= 0.3 is 0 Å². The van der Waals surface area contributed by atoms with Gasteiger partial charge in [0.15, 0.2) is 0 Å². The van der Waals surface area contributed by atoms with Gasteiger partial charge < -0.3 is 4.80 Å². The van der Waals surface area contributed by atoms with Crippen LogP contribution in [-0.2, 0) is 21.1 Å². The average Bonchev–Trinajstić information content (AvgIpc) is 1.35. The average molecular weight is 297 g/mol. The van der Waals surface area contributed by atoms with Gasteiger partial charge in [-0.3, -0.25) is 0 Å². The summed E-state index contributed by atoms with van der Waals surface area (Å²) in [6.45, 7) is 7.08. The van der Waals surface area contributed by atoms with Crippen molar-refractivity contribution in [1.29, 1.82) is 0 Å². The molecule has 0 aliphatic rings. The van der Waals surface area contributed by atoms with Crippen LogP contribution >= 0.6 is 0 Å². The summed E-state index contributed by atoms with van der Waals surface area (Å²) >= 11 is 0. The fourth-order valence-electron chi connectivity index (χ4n) is 0. The van der Waals surface area contributed by atoms with Crippen LogP contribution in [0.2, 0.25) is 13.1 Å². The third kappa shape index (κ3) is 10.8. The van der Waals surface area contributed by atoms with Gasteiger partial charge in [0.1, 0.15) is 0 Å². The van der Waals surface area contributed by atoms with Gasteiger partial charge in [-0.2, -0.15) is 0 Å². The first kappa shape index (κ1) is 10.6. The molecule has 0 heterocycles. The van der Waals surface area contributed by atoms with Gasteiger partial charge in [0, 0.05) is 21.1 Å². The van der Waals surface area contributed by atoms with E-state index >= 15 is 0 Å². The van der Waals surface area contributed by atoms with E-state index in [4.69, 9.17) is 4.80 Å². The van der Waals surface area contributed by atoms with E-state index < -0.39 is 8.32 Å². The molecule has 0 bridgehead atoms. The summed E-state index contributed by atoms with van der Waals surface area (Å²) in [4.78, 5) is 8.85. The van der Waals surface area contributed by atoms with Crippen LogP contribution in [0, 0.1) is 0 Å². The molecule has 3 heteroatoms. The number of hydrogen-bond donors (Lipinski definition) is 1. The maximum Gasteiger partial charge on any atom is 0.206 e. The molecule has 7 heavy (non-hydrogen) atoms. The Morgan fingerprint density at radius 1 is 1.57 bits per heavy atom. The maximum atomic E-state index is 8.85. The summed E-state index contributed by atoms with van der Waals surface area (Å²) < 4.78 is 0. The van der Waals surface area contributed by atoms with Crippen molar-refractivity contribution >= 4 is 8.32 Å². The van der Waals surface area contributed by atoms with E-state index in [0.29, 0.717) is 0 Å². The SMILES string of the molecule is C=C[Si](C)(C)O.[Pt]. The van der Waals surface area contributed by atoms with Crippen LogP contribution in [0.5, 0.6) is 0 Å². The molecule has 0 saturated carbocycles. The summed E-state index contributed by atoms with van der Waals surface area (Å²) in [7, 11) is -1.87. The third-order valence-electron chi connectivity index (χ3n) is 0.500. The van der Waals surface area contributed by atoms with E-state index in [-0.39, 0.29) is 21.1 Å². The molecule has 0 atom stereocenters. The molecule has 0 aliphatic carbocycles. The summed E-state index contributed by atoms with van der Waals surface area (Å²) in [5, 5.41) is 0. The zero-order valence-electron chi connectivity index (χ0n) is 4.55. The molecule has 1 nitrogen and oxygen atoms in total. The molecule has 0 spiro atoms. The van der Waals surface area contributed by atoms with Crippen molar-refractivity contribution in [2.24, 2.45) is 0 Å². The Balaban J connectivity index is 0. The molecular formula is C4H10OPtSi. The van der Waals surface area contributed by atoms with Crippen LogP contribution in [0.25, 0.3) is 0 Å². The normalized spacial score (nSPS) is 9.57. The van der Waals surface area contributed by atoms with Crippen LogP contribution in [0.3, 0.4) is 0 Å². The quantitative estimate of drug-likeness (QED) is 0.713. The molecule has 0 aromatic carbocycles. The van der Waals surface area contributed by atoms with Crippen molar-refractivity contribution in [2.45, 2.75) is 13.1 Å². The molecule has 0 rings (SSSR count). The molecule has 0 radical (unpaired) electrons. The van der Waals surface area contributed by atoms with Gasteiger partial charge in [-0.25, -0.2) is 0 Å². The first-order valence-electron chi connectivity index (χ1n) is 1.92. The Morgan fingerprint density at radius 2 is 1.71 bits per heavy atom. The number of rotatable bonds is 1. The fraction of sp³-hybridized carbons (Fsp3) is 0.500. The van der Waals surface area contributed by atoms with Gasteiger partial charge in [-0.1, -0.05) is 5.70 Å². The second-order valence-corrected chi connectivity index (χ2v) is 5.57. The molecule has 0 aromatic rings. The monoisotopic (exact) mass is 297 g/mol. The Kier molecular flexibility index (Phi) is 5.41. The second-order valence-electron chi connectivity index (χ2n) is 1.86. The molecular weight excluding hydrogens is 287 g/mol. The predicted molar refractivity (Wildman–Crippen MR) is 29.9 cm³/mol. The zero-order chi connectivity index (χ0) is 5.21. The Bertz CT molecular complexity index is 57.2. The van der Waals surface area contributed by atoms with E-state index in [0.717, 1.165) is 0 Å². The molecule has 0 saturated heterocycles. The molecule has 1 N–H and O–H groups in total. The van der Waals surface area contributed by atoms with Crippen LogP contribution < -0.4 is 0 Å². The maximum absolute atomic E-state index is 8.85. The van der Waals surface area contributed by atoms with E-state index in [1.807, 2.05) is 13.1 Å². The second kappa shape index (κ2) is 3.59. The van der Waals surface area contributed by atoms with E-state index in [1.165, 1.54) is 0 Å². The minimum Gasteiger partial charge on any atom is -0.428 e. The van der Waals surface area contributed by atoms with Crippen LogP contribution in [-0.4, -0.2) is 13.1 Å². The molecule has 0 aliphatic heterocycles. The Hall–Kier alpha value is 0.605. The van der Waals surface area contributed by atoms with Crippen molar-refractivity contribution < 1.29 is 25.9 Å². The fourth-order valence-corrected chi connectivity index (χ4v) is 0. The molecule has 0 amide bonds. The van der Waals surface area contributed by atoms with E-state index in [2.05, 4.69) is 6.58 Å². The first-order chi connectivity index (χ1) is 2.56. The summed E-state index contributed by atoms with van der Waals surface area (Å²) in [5.74, 6) is 0. The third-order valence-corrected chi connectivity index (χ3v) is 1.50. The van der Waals surface area contributed by atoms with Crippen molar-refractivity contribution in [3.8, 4) is 0 Å². The van der Waals surface area contributed by atoms with E-state index in [1.54, 1.807) is 5.70 Å². The molecule has 46 valence electrons. The van der Waals surface area contributed by atoms with Crippen molar-refractivity contribution in [3.05, 3.63) is 12.3 Å². The van der Waals surface area contributed by atoms with Crippen molar-refractivity contribution in [1.82, 2.24) is 0 Å². The summed E-state index contributed by atoms with van der Waals surface area (Å²) in [5.41, 5.74) is 1.63. The first-order valence-corrected chi connectivity index (χ1v) is 4.95. The topological polar surface area (TPSA) is 20.2 Å². The van der Waals surface area contributed by atoms with Gasteiger partial charge in [-0.05, 0) is 13.1 Å². The standard InChI is InChI=1S/C4H10OSi.Pt/c1-4-6(2,3)5;/h4-5H,1H2,2-3H3;. The smallest absolute Gasteiger partial charge is 0.206 e. The minimum atomic E-state index is -1.87. The zero-order valence-corrected chi connectivity index (χ0v) is 7.82. The largest absolute Gasteiger partial charge is 0.428 e. The van der Waals surface area contributed by atoms with Crippen molar-refractivity contribution in [3.63, 3.8) is 0 Å². The Labute approximate surface area is 59.8 Å². The number of hydrogen-bond acceptors (Lipinski definition) is 1. The molecule has 0 unspecified atom stereocenters. The minimum absolute atomic E-state index is 0. The van der Waals surface area contributed by atoms with Crippen LogP contribution in [0.1, 0.15) is 0 Å². The summed E-state index contributed by atoms with van der Waals surface area (Å²) in [6, 6.07) is 0. The Morgan fingerprint density at radius 3 is 1.71 bits per heavy atom. The molecule has 0 fully saturated rings.